The lowest BCUT2D eigenvalue weighted by Gasteiger charge is -2.07. The Hall–Kier alpha value is -3.20. The second-order valence-electron chi connectivity index (χ2n) is 7.71. The number of fused-ring (bicyclic) bond motifs is 6. The predicted octanol–water partition coefficient (Wildman–Crippen LogP) is 6.27. The van der Waals surface area contributed by atoms with E-state index in [-0.39, 0.29) is 0 Å². The molecular formula is C28H16S2. The van der Waals surface area contributed by atoms with Gasteiger partial charge in [0.25, 0.3) is 0 Å². The molecule has 140 valence electrons. The molecule has 0 bridgehead atoms. The van der Waals surface area contributed by atoms with E-state index in [0.29, 0.717) is 0 Å². The molecule has 2 aliphatic rings. The Morgan fingerprint density at radius 1 is 0.300 bits per heavy atom. The van der Waals surface area contributed by atoms with Crippen LogP contribution in [0.3, 0.4) is 0 Å². The van der Waals surface area contributed by atoms with Gasteiger partial charge in [0.1, 0.15) is 0 Å². The predicted molar refractivity (Wildman–Crippen MR) is 128 cm³/mol. The van der Waals surface area contributed by atoms with Crippen molar-refractivity contribution in [1.29, 1.82) is 0 Å². The average molecular weight is 417 g/mol. The molecule has 0 saturated carbocycles. The van der Waals surface area contributed by atoms with Crippen LogP contribution < -0.4 is 7.69 Å². The van der Waals surface area contributed by atoms with Gasteiger partial charge in [0.05, 0.1) is 7.69 Å². The quantitative estimate of drug-likeness (QED) is 0.273. The Balaban J connectivity index is 1.54. The molecule has 7 rings (SSSR count). The van der Waals surface area contributed by atoms with Crippen molar-refractivity contribution < 1.29 is 0 Å². The summed E-state index contributed by atoms with van der Waals surface area (Å²) in [6.07, 6.45) is 0. The Kier molecular flexibility index (Phi) is 3.40. The molecule has 0 fully saturated rings. The van der Waals surface area contributed by atoms with Crippen LogP contribution in [0.5, 0.6) is 0 Å². The van der Waals surface area contributed by atoms with E-state index in [4.69, 9.17) is 0 Å². The average Bonchev–Trinajstić information content (AvgIpc) is 3.28. The molecule has 0 amide bonds. The molecule has 0 spiro atoms. The van der Waals surface area contributed by atoms with E-state index in [2.05, 4.69) is 97.1 Å². The molecule has 4 aromatic carbocycles. The van der Waals surface area contributed by atoms with Crippen molar-refractivity contribution in [3.63, 3.8) is 0 Å². The SMILES string of the molecule is c1ccc2c(c1)C(=c1sc(=C3c4ccccc4-c4ccccc43)s1)c1ccccc1-2. The van der Waals surface area contributed by atoms with E-state index in [0.717, 1.165) is 0 Å². The molecule has 1 aromatic heterocycles. The standard InChI is InChI=1S/C28H16S2/c1-5-13-21-17(9-1)18-10-2-6-14-22(18)25(21)27-29-28(30-27)26-23-15-7-3-11-19(23)20-12-4-8-16-24(20)26/h1-16H. The summed E-state index contributed by atoms with van der Waals surface area (Å²) >= 11 is 3.89. The highest BCUT2D eigenvalue weighted by Gasteiger charge is 2.27. The second-order valence-corrected chi connectivity index (χ2v) is 10.3. The normalized spacial score (nSPS) is 13.2. The Labute approximate surface area is 182 Å². The van der Waals surface area contributed by atoms with Crippen molar-refractivity contribution in [3.8, 4) is 22.3 Å². The van der Waals surface area contributed by atoms with Crippen molar-refractivity contribution in [2.24, 2.45) is 0 Å². The molecule has 0 unspecified atom stereocenters. The zero-order valence-electron chi connectivity index (χ0n) is 16.1. The molecule has 30 heavy (non-hydrogen) atoms. The van der Waals surface area contributed by atoms with Gasteiger partial charge in [0, 0.05) is 11.1 Å². The number of hydrogen-bond acceptors (Lipinski definition) is 2. The molecule has 2 heteroatoms. The molecule has 0 N–H and O–H groups in total. The van der Waals surface area contributed by atoms with Crippen LogP contribution >= 0.6 is 22.7 Å². The topological polar surface area (TPSA) is 0 Å². The molecule has 0 aliphatic heterocycles. The van der Waals surface area contributed by atoms with Gasteiger partial charge in [-0.05, 0) is 44.5 Å². The summed E-state index contributed by atoms with van der Waals surface area (Å²) in [5.41, 5.74) is 13.7. The van der Waals surface area contributed by atoms with Crippen molar-refractivity contribution in [2.45, 2.75) is 0 Å². The van der Waals surface area contributed by atoms with Crippen LogP contribution in [0.25, 0.3) is 33.4 Å². The zero-order chi connectivity index (χ0) is 19.7. The zero-order valence-corrected chi connectivity index (χ0v) is 17.7. The van der Waals surface area contributed by atoms with Gasteiger partial charge in [-0.3, -0.25) is 0 Å². The largest absolute Gasteiger partial charge is 0.113 e. The lowest BCUT2D eigenvalue weighted by atomic mass is 10.1. The van der Waals surface area contributed by atoms with E-state index in [1.54, 1.807) is 0 Å². The van der Waals surface area contributed by atoms with Gasteiger partial charge < -0.3 is 0 Å². The van der Waals surface area contributed by atoms with Gasteiger partial charge in [-0.1, -0.05) is 97.1 Å². The third kappa shape index (κ3) is 2.15. The number of rotatable bonds is 0. The minimum absolute atomic E-state index is 1.36. The van der Waals surface area contributed by atoms with Crippen molar-refractivity contribution in [1.82, 2.24) is 0 Å². The van der Waals surface area contributed by atoms with Crippen molar-refractivity contribution >= 4 is 33.8 Å². The minimum atomic E-state index is 1.36. The lowest BCUT2D eigenvalue weighted by Crippen LogP contribution is -2.16. The first-order valence-electron chi connectivity index (χ1n) is 10.1. The van der Waals surface area contributed by atoms with Crippen molar-refractivity contribution in [3.05, 3.63) is 127 Å². The summed E-state index contributed by atoms with van der Waals surface area (Å²) in [4.78, 5) is 0. The van der Waals surface area contributed by atoms with E-state index >= 15 is 0 Å². The van der Waals surface area contributed by atoms with Crippen LogP contribution in [-0.4, -0.2) is 0 Å². The summed E-state index contributed by atoms with van der Waals surface area (Å²) in [6, 6.07) is 35.3. The third-order valence-electron chi connectivity index (χ3n) is 6.14. The smallest absolute Gasteiger partial charge is 0.0906 e. The molecular weight excluding hydrogens is 400 g/mol. The molecule has 0 atom stereocenters. The van der Waals surface area contributed by atoms with Crippen LogP contribution in [0.1, 0.15) is 22.3 Å². The Morgan fingerprint density at radius 2 is 0.533 bits per heavy atom. The maximum absolute atomic E-state index is 2.27. The van der Waals surface area contributed by atoms with E-state index < -0.39 is 0 Å². The summed E-state index contributed by atoms with van der Waals surface area (Å²) in [7, 11) is 0. The molecule has 2 aliphatic carbocycles. The van der Waals surface area contributed by atoms with E-state index in [1.807, 2.05) is 22.7 Å². The summed E-state index contributed by atoms with van der Waals surface area (Å²) in [6.45, 7) is 0. The molecule has 1 heterocycles. The highest BCUT2D eigenvalue weighted by atomic mass is 32.2. The van der Waals surface area contributed by atoms with Crippen LogP contribution in [-0.2, 0) is 0 Å². The van der Waals surface area contributed by atoms with Gasteiger partial charge >= 0.3 is 0 Å². The number of benzene rings is 4. The van der Waals surface area contributed by atoms with Crippen LogP contribution in [0, 0.1) is 0 Å². The van der Waals surface area contributed by atoms with Crippen LogP contribution in [0.4, 0.5) is 0 Å². The fourth-order valence-electron chi connectivity index (χ4n) is 4.85. The van der Waals surface area contributed by atoms with Gasteiger partial charge in [0.2, 0.25) is 0 Å². The van der Waals surface area contributed by atoms with Gasteiger partial charge in [-0.2, -0.15) is 0 Å². The maximum Gasteiger partial charge on any atom is 0.0906 e. The summed E-state index contributed by atoms with van der Waals surface area (Å²) in [5.74, 6) is 0. The van der Waals surface area contributed by atoms with Gasteiger partial charge in [-0.25, -0.2) is 0 Å². The highest BCUT2D eigenvalue weighted by molar-refractivity contribution is 7.36. The second kappa shape index (κ2) is 6.15. The third-order valence-corrected chi connectivity index (χ3v) is 8.70. The first kappa shape index (κ1) is 16.6. The van der Waals surface area contributed by atoms with Crippen molar-refractivity contribution in [2.75, 3.05) is 0 Å². The molecule has 0 nitrogen and oxygen atoms in total. The maximum atomic E-state index is 2.27. The van der Waals surface area contributed by atoms with Crippen LogP contribution in [0.15, 0.2) is 97.1 Å². The minimum Gasteiger partial charge on any atom is -0.113 e. The monoisotopic (exact) mass is 416 g/mol. The lowest BCUT2D eigenvalue weighted by molar-refractivity contribution is 1.65. The fraction of sp³-hybridized carbons (Fsp3) is 0. The molecule has 0 radical (unpaired) electrons. The molecule has 5 aromatic rings. The van der Waals surface area contributed by atoms with E-state index in [1.165, 1.54) is 63.3 Å². The first-order valence-corrected chi connectivity index (χ1v) is 11.8. The fourth-order valence-corrected chi connectivity index (χ4v) is 7.24. The summed E-state index contributed by atoms with van der Waals surface area (Å²) < 4.78 is 2.83. The van der Waals surface area contributed by atoms with Gasteiger partial charge in [0.15, 0.2) is 0 Å². The van der Waals surface area contributed by atoms with Crippen LogP contribution in [0.2, 0.25) is 0 Å². The Morgan fingerprint density at radius 3 is 0.800 bits per heavy atom. The van der Waals surface area contributed by atoms with E-state index in [9.17, 15) is 0 Å². The summed E-state index contributed by atoms with van der Waals surface area (Å²) in [5, 5.41) is 0. The van der Waals surface area contributed by atoms with Gasteiger partial charge in [-0.15, -0.1) is 22.7 Å². The Bertz CT molecular complexity index is 1360. The first-order chi connectivity index (χ1) is 14.9. The molecule has 0 saturated heterocycles. The number of hydrogen-bond donors (Lipinski definition) is 0. The highest BCUT2D eigenvalue weighted by Crippen LogP contribution is 2.44.